The van der Waals surface area contributed by atoms with Crippen LogP contribution in [-0.4, -0.2) is 35.0 Å². The third-order valence-electron chi connectivity index (χ3n) is 3.62. The van der Waals surface area contributed by atoms with Crippen molar-refractivity contribution in [3.63, 3.8) is 0 Å². The Morgan fingerprint density at radius 2 is 2.25 bits per heavy atom. The first-order valence-electron chi connectivity index (χ1n) is 6.61. The average molecular weight is 309 g/mol. The molecule has 0 bridgehead atoms. The molecule has 3 rings (SSSR count). The number of carbonyl (C=O) groups is 2. The van der Waals surface area contributed by atoms with E-state index in [1.54, 1.807) is 11.3 Å². The highest BCUT2D eigenvalue weighted by molar-refractivity contribution is 7.27. The minimum Gasteiger partial charge on any atom is -0.481 e. The average Bonchev–Trinajstić information content (AvgIpc) is 2.98. The number of thiophene rings is 2. The van der Waals surface area contributed by atoms with Gasteiger partial charge in [0.15, 0.2) is 0 Å². The van der Waals surface area contributed by atoms with Crippen molar-refractivity contribution >= 4 is 43.9 Å². The zero-order valence-electron chi connectivity index (χ0n) is 10.9. The predicted molar refractivity (Wildman–Crippen MR) is 80.6 cm³/mol. The van der Waals surface area contributed by atoms with Crippen molar-refractivity contribution in [3.05, 3.63) is 22.4 Å². The summed E-state index contributed by atoms with van der Waals surface area (Å²) in [6, 6.07) is 3.98. The number of hydrogen-bond donors (Lipinski definition) is 1. The van der Waals surface area contributed by atoms with Crippen molar-refractivity contribution in [2.45, 2.75) is 19.3 Å². The van der Waals surface area contributed by atoms with Crippen molar-refractivity contribution < 1.29 is 14.7 Å². The van der Waals surface area contributed by atoms with E-state index in [0.717, 1.165) is 33.7 Å². The molecule has 1 fully saturated rings. The molecular formula is C14H15NO3S2. The van der Waals surface area contributed by atoms with Crippen LogP contribution in [0.2, 0.25) is 0 Å². The molecule has 1 saturated heterocycles. The molecule has 2 aromatic rings. The van der Waals surface area contributed by atoms with Crippen LogP contribution in [0, 0.1) is 5.92 Å². The molecular weight excluding hydrogens is 294 g/mol. The van der Waals surface area contributed by atoms with Crippen LogP contribution >= 0.6 is 22.7 Å². The fourth-order valence-corrected chi connectivity index (χ4v) is 4.77. The second-order valence-corrected chi connectivity index (χ2v) is 7.15. The summed E-state index contributed by atoms with van der Waals surface area (Å²) < 4.78 is 2.30. The van der Waals surface area contributed by atoms with Crippen molar-refractivity contribution in [2.24, 2.45) is 5.92 Å². The second kappa shape index (κ2) is 5.54. The summed E-state index contributed by atoms with van der Waals surface area (Å²) >= 11 is 3.17. The molecule has 1 atom stereocenters. The van der Waals surface area contributed by atoms with E-state index in [1.807, 2.05) is 22.4 Å². The number of carboxylic acid groups (broad SMARTS) is 1. The molecule has 0 aliphatic carbocycles. The Morgan fingerprint density at radius 3 is 3.00 bits per heavy atom. The Morgan fingerprint density at radius 1 is 1.40 bits per heavy atom. The Hall–Kier alpha value is -1.40. The van der Waals surface area contributed by atoms with Crippen molar-refractivity contribution in [3.8, 4) is 0 Å². The number of hydrogen-bond acceptors (Lipinski definition) is 4. The number of aliphatic carboxylic acids is 1. The Kier molecular flexibility index (Phi) is 3.76. The molecule has 3 heterocycles. The lowest BCUT2D eigenvalue weighted by molar-refractivity contribution is -0.138. The molecule has 0 aromatic carbocycles. The Labute approximate surface area is 124 Å². The van der Waals surface area contributed by atoms with Gasteiger partial charge in [-0.15, -0.1) is 22.7 Å². The second-order valence-electron chi connectivity index (χ2n) is 5.12. The third kappa shape index (κ3) is 2.71. The number of amides is 1. The van der Waals surface area contributed by atoms with E-state index in [2.05, 4.69) is 0 Å². The standard InChI is InChI=1S/C14H15NO3S2/c16-13(17)6-9-2-1-4-15(8-9)14(18)12-7-11-10(20-12)3-5-19-11/h3,5,7,9H,1-2,4,6,8H2,(H,16,17). The highest BCUT2D eigenvalue weighted by Crippen LogP contribution is 2.31. The van der Waals surface area contributed by atoms with Gasteiger partial charge in [0.25, 0.3) is 5.91 Å². The largest absolute Gasteiger partial charge is 0.481 e. The van der Waals surface area contributed by atoms with Gasteiger partial charge in [-0.1, -0.05) is 0 Å². The highest BCUT2D eigenvalue weighted by Gasteiger charge is 2.26. The molecule has 0 saturated carbocycles. The van der Waals surface area contributed by atoms with E-state index in [9.17, 15) is 9.59 Å². The fraction of sp³-hybridized carbons (Fsp3) is 0.429. The predicted octanol–water partition coefficient (Wildman–Crippen LogP) is 3.29. The van der Waals surface area contributed by atoms with Gasteiger partial charge in [-0.3, -0.25) is 9.59 Å². The van der Waals surface area contributed by atoms with Gasteiger partial charge in [-0.25, -0.2) is 0 Å². The van der Waals surface area contributed by atoms with Crippen molar-refractivity contribution in [2.75, 3.05) is 13.1 Å². The first-order chi connectivity index (χ1) is 9.63. The van der Waals surface area contributed by atoms with Gasteiger partial charge in [-0.2, -0.15) is 0 Å². The van der Waals surface area contributed by atoms with Gasteiger partial charge < -0.3 is 10.0 Å². The van der Waals surface area contributed by atoms with E-state index in [4.69, 9.17) is 5.11 Å². The number of nitrogens with zero attached hydrogens (tertiary/aromatic N) is 1. The van der Waals surface area contributed by atoms with Crippen molar-refractivity contribution in [1.82, 2.24) is 4.90 Å². The first-order valence-corrected chi connectivity index (χ1v) is 8.31. The number of carbonyl (C=O) groups excluding carboxylic acids is 1. The van der Waals surface area contributed by atoms with Crippen LogP contribution in [0.3, 0.4) is 0 Å². The molecule has 0 spiro atoms. The third-order valence-corrected chi connectivity index (χ3v) is 5.70. The van der Waals surface area contributed by atoms with Crippen LogP contribution in [0.4, 0.5) is 0 Å². The maximum absolute atomic E-state index is 12.5. The lowest BCUT2D eigenvalue weighted by Crippen LogP contribution is -2.40. The molecule has 4 nitrogen and oxygen atoms in total. The molecule has 1 amide bonds. The molecule has 1 aliphatic heterocycles. The summed E-state index contributed by atoms with van der Waals surface area (Å²) in [4.78, 5) is 25.9. The summed E-state index contributed by atoms with van der Waals surface area (Å²) in [6.07, 6.45) is 1.95. The molecule has 6 heteroatoms. The summed E-state index contributed by atoms with van der Waals surface area (Å²) in [5.41, 5.74) is 0. The number of carboxylic acids is 1. The van der Waals surface area contributed by atoms with Gasteiger partial charge in [0.05, 0.1) is 4.88 Å². The Balaban J connectivity index is 1.73. The van der Waals surface area contributed by atoms with Crippen LogP contribution in [-0.2, 0) is 4.79 Å². The van der Waals surface area contributed by atoms with Gasteiger partial charge in [-0.05, 0) is 36.3 Å². The van der Waals surface area contributed by atoms with Crippen LogP contribution in [0.15, 0.2) is 17.5 Å². The van der Waals surface area contributed by atoms with Crippen LogP contribution < -0.4 is 0 Å². The SMILES string of the molecule is O=C(O)CC1CCCN(C(=O)c2cc3sccc3s2)C1. The lowest BCUT2D eigenvalue weighted by Gasteiger charge is -2.31. The number of piperidine rings is 1. The molecule has 1 unspecified atom stereocenters. The summed E-state index contributed by atoms with van der Waals surface area (Å²) in [5, 5.41) is 10.9. The summed E-state index contributed by atoms with van der Waals surface area (Å²) in [7, 11) is 0. The number of rotatable bonds is 3. The van der Waals surface area contributed by atoms with E-state index < -0.39 is 5.97 Å². The lowest BCUT2D eigenvalue weighted by atomic mass is 9.95. The number of likely N-dealkylation sites (tertiary alicyclic amines) is 1. The summed E-state index contributed by atoms with van der Waals surface area (Å²) in [5.74, 6) is -0.638. The molecule has 1 aliphatic rings. The van der Waals surface area contributed by atoms with Gasteiger partial charge >= 0.3 is 5.97 Å². The van der Waals surface area contributed by atoms with Crippen molar-refractivity contribution in [1.29, 1.82) is 0 Å². The normalized spacial score (nSPS) is 19.4. The van der Waals surface area contributed by atoms with Gasteiger partial charge in [0, 0.05) is 28.9 Å². The quantitative estimate of drug-likeness (QED) is 0.946. The highest BCUT2D eigenvalue weighted by atomic mass is 32.1. The maximum atomic E-state index is 12.5. The Bertz CT molecular complexity index is 617. The monoisotopic (exact) mass is 309 g/mol. The van der Waals surface area contributed by atoms with Crippen LogP contribution in [0.1, 0.15) is 28.9 Å². The van der Waals surface area contributed by atoms with Gasteiger partial charge in [0.1, 0.15) is 0 Å². The van der Waals surface area contributed by atoms with Gasteiger partial charge in [0.2, 0.25) is 0 Å². The minimum absolute atomic E-state index is 0.0495. The summed E-state index contributed by atoms with van der Waals surface area (Å²) in [6.45, 7) is 1.30. The molecule has 20 heavy (non-hydrogen) atoms. The minimum atomic E-state index is -0.777. The van der Waals surface area contributed by atoms with E-state index in [1.165, 1.54) is 11.3 Å². The van der Waals surface area contributed by atoms with E-state index in [0.29, 0.717) is 6.54 Å². The first kappa shape index (κ1) is 13.6. The maximum Gasteiger partial charge on any atom is 0.303 e. The smallest absolute Gasteiger partial charge is 0.303 e. The van der Waals surface area contributed by atoms with E-state index >= 15 is 0 Å². The van der Waals surface area contributed by atoms with Crippen LogP contribution in [0.25, 0.3) is 9.40 Å². The fourth-order valence-electron chi connectivity index (χ4n) is 2.69. The number of fused-ring (bicyclic) bond motifs is 1. The molecule has 0 radical (unpaired) electrons. The molecule has 106 valence electrons. The zero-order valence-corrected chi connectivity index (χ0v) is 12.5. The van der Waals surface area contributed by atoms with Crippen LogP contribution in [0.5, 0.6) is 0 Å². The molecule has 2 aromatic heterocycles. The topological polar surface area (TPSA) is 57.6 Å². The molecule has 1 N–H and O–H groups in total. The zero-order chi connectivity index (χ0) is 14.1. The van der Waals surface area contributed by atoms with E-state index in [-0.39, 0.29) is 18.2 Å².